The lowest BCUT2D eigenvalue weighted by atomic mass is 10.0. The van der Waals surface area contributed by atoms with Crippen LogP contribution in [0.15, 0.2) is 30.3 Å². The lowest BCUT2D eigenvalue weighted by Gasteiger charge is -2.31. The summed E-state index contributed by atoms with van der Waals surface area (Å²) in [6.45, 7) is 8.04. The van der Waals surface area contributed by atoms with E-state index in [4.69, 9.17) is 14.2 Å². The molecule has 1 aromatic carbocycles. The zero-order chi connectivity index (χ0) is 23.8. The highest BCUT2D eigenvalue weighted by atomic mass is 32.2. The molecular weight excluding hydrogens is 426 g/mol. The zero-order valence-corrected chi connectivity index (χ0v) is 19.6. The van der Waals surface area contributed by atoms with Crippen molar-refractivity contribution in [2.75, 3.05) is 12.9 Å². The molecule has 0 unspecified atom stereocenters. The summed E-state index contributed by atoms with van der Waals surface area (Å²) in [4.78, 5) is 37.4. The van der Waals surface area contributed by atoms with Crippen LogP contribution in [0.25, 0.3) is 0 Å². The van der Waals surface area contributed by atoms with E-state index in [1.807, 2.05) is 0 Å². The molecule has 0 saturated carbocycles. The highest BCUT2D eigenvalue weighted by molar-refractivity contribution is 7.90. The molecule has 31 heavy (non-hydrogen) atoms. The number of carbonyl (C=O) groups is 3. The largest absolute Gasteiger partial charge is 0.467 e. The average molecular weight is 458 g/mol. The van der Waals surface area contributed by atoms with E-state index in [-0.39, 0.29) is 18.9 Å². The monoisotopic (exact) mass is 457 g/mol. The number of carbonyl (C=O) groups excluding carboxylic acids is 3. The number of rotatable bonds is 9. The van der Waals surface area contributed by atoms with E-state index in [9.17, 15) is 22.8 Å². The number of ether oxygens (including phenoxy) is 3. The van der Waals surface area contributed by atoms with Gasteiger partial charge >= 0.3 is 18.0 Å². The van der Waals surface area contributed by atoms with Crippen molar-refractivity contribution < 1.29 is 37.0 Å². The first-order valence-electron chi connectivity index (χ1n) is 9.79. The van der Waals surface area contributed by atoms with Gasteiger partial charge in [-0.25, -0.2) is 18.0 Å². The van der Waals surface area contributed by atoms with Gasteiger partial charge in [-0.05, 0) is 38.7 Å². The van der Waals surface area contributed by atoms with E-state index in [1.165, 1.54) is 0 Å². The van der Waals surface area contributed by atoms with Gasteiger partial charge in [0.25, 0.3) is 10.0 Å². The van der Waals surface area contributed by atoms with Crippen molar-refractivity contribution in [1.29, 1.82) is 0 Å². The van der Waals surface area contributed by atoms with Crippen molar-refractivity contribution >= 4 is 28.1 Å². The van der Waals surface area contributed by atoms with E-state index in [1.54, 1.807) is 65.0 Å². The SMILES string of the molecule is COC(=O)[C@H](CC(C)C)N(C(=O)OC(C)(C)C)S(=O)(=O)CC(=O)OCc1ccccc1. The van der Waals surface area contributed by atoms with Crippen LogP contribution in [0.5, 0.6) is 0 Å². The summed E-state index contributed by atoms with van der Waals surface area (Å²) in [5, 5.41) is 0. The molecule has 0 fully saturated rings. The number of sulfonamides is 1. The summed E-state index contributed by atoms with van der Waals surface area (Å²) in [5.74, 6) is -3.29. The molecule has 1 atom stereocenters. The van der Waals surface area contributed by atoms with Gasteiger partial charge in [0, 0.05) is 0 Å². The molecule has 10 heteroatoms. The molecule has 0 radical (unpaired) electrons. The van der Waals surface area contributed by atoms with Crippen molar-refractivity contribution in [1.82, 2.24) is 4.31 Å². The normalized spacial score (nSPS) is 12.7. The molecule has 0 aliphatic rings. The van der Waals surface area contributed by atoms with Gasteiger partial charge < -0.3 is 14.2 Å². The first kappa shape index (κ1) is 26.4. The summed E-state index contributed by atoms with van der Waals surface area (Å²) in [6, 6.07) is 7.23. The topological polar surface area (TPSA) is 116 Å². The molecule has 9 nitrogen and oxygen atoms in total. The number of benzene rings is 1. The van der Waals surface area contributed by atoms with E-state index in [0.29, 0.717) is 9.87 Å². The Hall–Kier alpha value is -2.62. The Morgan fingerprint density at radius 2 is 1.65 bits per heavy atom. The average Bonchev–Trinajstić information content (AvgIpc) is 2.63. The van der Waals surface area contributed by atoms with E-state index < -0.39 is 45.5 Å². The lowest BCUT2D eigenvalue weighted by molar-refractivity contribution is -0.146. The molecular formula is C21H31NO8S. The zero-order valence-electron chi connectivity index (χ0n) is 18.8. The van der Waals surface area contributed by atoms with Crippen molar-refractivity contribution in [3.8, 4) is 0 Å². The Bertz CT molecular complexity index is 859. The number of hydrogen-bond acceptors (Lipinski definition) is 8. The number of hydrogen-bond donors (Lipinski definition) is 0. The van der Waals surface area contributed by atoms with Crippen LogP contribution in [0.1, 0.15) is 46.6 Å². The fourth-order valence-electron chi connectivity index (χ4n) is 2.61. The first-order chi connectivity index (χ1) is 14.3. The summed E-state index contributed by atoms with van der Waals surface area (Å²) in [5.41, 5.74) is -0.360. The van der Waals surface area contributed by atoms with E-state index in [2.05, 4.69) is 0 Å². The fourth-order valence-corrected chi connectivity index (χ4v) is 3.95. The van der Waals surface area contributed by atoms with E-state index >= 15 is 0 Å². The second kappa shape index (κ2) is 11.1. The van der Waals surface area contributed by atoms with Crippen LogP contribution in [-0.4, -0.2) is 55.3 Å². The van der Waals surface area contributed by atoms with Crippen LogP contribution in [0.2, 0.25) is 0 Å². The van der Waals surface area contributed by atoms with Gasteiger partial charge in [-0.1, -0.05) is 44.2 Å². The number of nitrogens with zero attached hydrogens (tertiary/aromatic N) is 1. The first-order valence-corrected chi connectivity index (χ1v) is 11.4. The molecule has 0 saturated heterocycles. The van der Waals surface area contributed by atoms with Crippen LogP contribution in [-0.2, 0) is 40.4 Å². The van der Waals surface area contributed by atoms with E-state index in [0.717, 1.165) is 7.11 Å². The van der Waals surface area contributed by atoms with Gasteiger partial charge in [0.05, 0.1) is 7.11 Å². The number of esters is 2. The second-order valence-corrected chi connectivity index (χ2v) is 10.2. The Morgan fingerprint density at radius 1 is 1.06 bits per heavy atom. The van der Waals surface area contributed by atoms with Crippen molar-refractivity contribution in [2.24, 2.45) is 5.92 Å². The molecule has 0 spiro atoms. The molecule has 0 aliphatic heterocycles. The van der Waals surface area contributed by atoms with Crippen molar-refractivity contribution in [3.05, 3.63) is 35.9 Å². The molecule has 1 amide bonds. The molecule has 0 heterocycles. The molecule has 174 valence electrons. The van der Waals surface area contributed by atoms with Crippen molar-refractivity contribution in [3.63, 3.8) is 0 Å². The Kier molecular flexibility index (Phi) is 9.48. The Labute approximate surface area is 183 Å². The molecule has 1 rings (SSSR count). The van der Waals surface area contributed by atoms with Gasteiger partial charge in [-0.15, -0.1) is 0 Å². The summed E-state index contributed by atoms with van der Waals surface area (Å²) >= 11 is 0. The number of amides is 1. The second-order valence-electron chi connectivity index (χ2n) is 8.35. The maximum absolute atomic E-state index is 13.0. The minimum Gasteiger partial charge on any atom is -0.467 e. The van der Waals surface area contributed by atoms with Crippen LogP contribution >= 0.6 is 0 Å². The Balaban J connectivity index is 3.16. The predicted octanol–water partition coefficient (Wildman–Crippen LogP) is 2.88. The standard InChI is InChI=1S/C21H31NO8S/c1-15(2)12-17(19(24)28-6)22(20(25)30-21(3,4)5)31(26,27)14-18(23)29-13-16-10-8-7-9-11-16/h7-11,15,17H,12-14H2,1-6H3/t17-/m0/s1. The Morgan fingerprint density at radius 3 is 2.13 bits per heavy atom. The van der Waals surface area contributed by atoms with Gasteiger partial charge in [0.2, 0.25) is 0 Å². The number of methoxy groups -OCH3 is 1. The summed E-state index contributed by atoms with van der Waals surface area (Å²) in [7, 11) is -3.53. The third kappa shape index (κ3) is 8.95. The molecule has 0 N–H and O–H groups in total. The van der Waals surface area contributed by atoms with Gasteiger partial charge in [0.15, 0.2) is 5.75 Å². The van der Waals surface area contributed by atoms with Crippen LogP contribution in [0.3, 0.4) is 0 Å². The summed E-state index contributed by atoms with van der Waals surface area (Å²) < 4.78 is 41.3. The maximum atomic E-state index is 13.0. The minimum absolute atomic E-state index is 0.00971. The molecule has 1 aromatic rings. The highest BCUT2D eigenvalue weighted by Crippen LogP contribution is 2.22. The predicted molar refractivity (Wildman–Crippen MR) is 113 cm³/mol. The highest BCUT2D eigenvalue weighted by Gasteiger charge is 2.43. The van der Waals surface area contributed by atoms with Gasteiger partial charge in [-0.2, -0.15) is 4.31 Å². The molecule has 0 aliphatic carbocycles. The minimum atomic E-state index is -4.61. The van der Waals surface area contributed by atoms with Crippen LogP contribution < -0.4 is 0 Å². The third-order valence-electron chi connectivity index (χ3n) is 3.87. The molecule has 0 bridgehead atoms. The van der Waals surface area contributed by atoms with Gasteiger partial charge in [0.1, 0.15) is 18.2 Å². The van der Waals surface area contributed by atoms with Crippen LogP contribution in [0.4, 0.5) is 4.79 Å². The molecule has 0 aromatic heterocycles. The van der Waals surface area contributed by atoms with Crippen molar-refractivity contribution in [2.45, 2.75) is 59.3 Å². The quantitative estimate of drug-likeness (QED) is 0.410. The maximum Gasteiger partial charge on any atom is 0.424 e. The smallest absolute Gasteiger partial charge is 0.424 e. The lowest BCUT2D eigenvalue weighted by Crippen LogP contribution is -2.52. The third-order valence-corrected chi connectivity index (χ3v) is 5.47. The summed E-state index contributed by atoms with van der Waals surface area (Å²) in [6.07, 6.45) is -1.27. The van der Waals surface area contributed by atoms with Crippen LogP contribution in [0, 0.1) is 5.92 Å². The van der Waals surface area contributed by atoms with Gasteiger partial charge in [-0.3, -0.25) is 4.79 Å². The fraction of sp³-hybridized carbons (Fsp3) is 0.571.